The van der Waals surface area contributed by atoms with E-state index in [0.717, 1.165) is 16.2 Å². The van der Waals surface area contributed by atoms with Crippen molar-refractivity contribution in [1.29, 1.82) is 0 Å². The second kappa shape index (κ2) is 5.49. The Bertz CT molecular complexity index is 295. The maximum absolute atomic E-state index is 3.61. The Labute approximate surface area is 110 Å². The summed E-state index contributed by atoms with van der Waals surface area (Å²) < 4.78 is 1.15. The van der Waals surface area contributed by atoms with Gasteiger partial charge in [-0.3, -0.25) is 0 Å². The van der Waals surface area contributed by atoms with Crippen LogP contribution in [0.1, 0.15) is 26.3 Å². The van der Waals surface area contributed by atoms with Crippen molar-refractivity contribution >= 4 is 31.9 Å². The van der Waals surface area contributed by atoms with Gasteiger partial charge in [0.25, 0.3) is 0 Å². The third-order valence-electron chi connectivity index (χ3n) is 2.81. The topological polar surface area (TPSA) is 0 Å². The summed E-state index contributed by atoms with van der Waals surface area (Å²) >= 11 is 7.07. The third kappa shape index (κ3) is 4.28. The van der Waals surface area contributed by atoms with E-state index in [9.17, 15) is 0 Å². The molecule has 1 aromatic carbocycles. The molecule has 0 bridgehead atoms. The van der Waals surface area contributed by atoms with Crippen molar-refractivity contribution in [2.24, 2.45) is 11.3 Å². The van der Waals surface area contributed by atoms with Crippen LogP contribution < -0.4 is 0 Å². The standard InChI is InChI=1S/C13H18Br2/c1-13(2,3)11(9-14)8-10-4-6-12(15)7-5-10/h4-7,11H,8-9H2,1-3H3. The van der Waals surface area contributed by atoms with Gasteiger partial charge in [-0.2, -0.15) is 0 Å². The zero-order valence-electron chi connectivity index (χ0n) is 9.56. The lowest BCUT2D eigenvalue weighted by Gasteiger charge is -2.29. The first kappa shape index (κ1) is 13.2. The SMILES string of the molecule is CC(C)(C)C(CBr)Cc1ccc(Br)cc1. The van der Waals surface area contributed by atoms with E-state index in [1.807, 2.05) is 0 Å². The minimum Gasteiger partial charge on any atom is -0.0925 e. The minimum absolute atomic E-state index is 0.358. The second-order valence-corrected chi connectivity index (χ2v) is 6.61. The maximum Gasteiger partial charge on any atom is 0.0175 e. The summed E-state index contributed by atoms with van der Waals surface area (Å²) in [5, 5.41) is 1.06. The van der Waals surface area contributed by atoms with E-state index in [1.54, 1.807) is 0 Å². The Hall–Kier alpha value is 0.180. The number of halogens is 2. The molecule has 0 aliphatic rings. The number of benzene rings is 1. The molecular formula is C13H18Br2. The van der Waals surface area contributed by atoms with E-state index >= 15 is 0 Å². The fraction of sp³-hybridized carbons (Fsp3) is 0.538. The smallest absolute Gasteiger partial charge is 0.0175 e. The molecule has 0 radical (unpaired) electrons. The Balaban J connectivity index is 2.71. The van der Waals surface area contributed by atoms with Crippen molar-refractivity contribution in [3.8, 4) is 0 Å². The van der Waals surface area contributed by atoms with Crippen molar-refractivity contribution in [1.82, 2.24) is 0 Å². The summed E-state index contributed by atoms with van der Waals surface area (Å²) in [5.74, 6) is 0.679. The Morgan fingerprint density at radius 2 is 1.67 bits per heavy atom. The van der Waals surface area contributed by atoms with E-state index in [2.05, 4.69) is 76.9 Å². The number of rotatable bonds is 3. The summed E-state index contributed by atoms with van der Waals surface area (Å²) in [4.78, 5) is 0. The molecule has 1 aromatic rings. The van der Waals surface area contributed by atoms with Crippen LogP contribution in [0.15, 0.2) is 28.7 Å². The normalized spacial score (nSPS) is 13.9. The van der Waals surface area contributed by atoms with Gasteiger partial charge >= 0.3 is 0 Å². The van der Waals surface area contributed by atoms with Crippen LogP contribution in [0.2, 0.25) is 0 Å². The summed E-state index contributed by atoms with van der Waals surface area (Å²) in [6.45, 7) is 6.91. The van der Waals surface area contributed by atoms with Gasteiger partial charge in [0.05, 0.1) is 0 Å². The van der Waals surface area contributed by atoms with E-state index < -0.39 is 0 Å². The molecule has 2 heteroatoms. The van der Waals surface area contributed by atoms with Gasteiger partial charge in [-0.1, -0.05) is 64.8 Å². The lowest BCUT2D eigenvalue weighted by molar-refractivity contribution is 0.267. The van der Waals surface area contributed by atoms with Gasteiger partial charge in [-0.15, -0.1) is 0 Å². The minimum atomic E-state index is 0.358. The van der Waals surface area contributed by atoms with Crippen LogP contribution in [-0.4, -0.2) is 5.33 Å². The van der Waals surface area contributed by atoms with Crippen molar-refractivity contribution in [2.45, 2.75) is 27.2 Å². The fourth-order valence-corrected chi connectivity index (χ4v) is 2.96. The molecule has 1 rings (SSSR count). The molecule has 0 saturated heterocycles. The molecule has 0 fully saturated rings. The summed E-state index contributed by atoms with van der Waals surface area (Å²) in [7, 11) is 0. The molecule has 0 aliphatic carbocycles. The van der Waals surface area contributed by atoms with Gasteiger partial charge in [0, 0.05) is 9.80 Å². The summed E-state index contributed by atoms with van der Waals surface area (Å²) in [6.07, 6.45) is 1.14. The van der Waals surface area contributed by atoms with Gasteiger partial charge in [0.15, 0.2) is 0 Å². The predicted molar refractivity (Wildman–Crippen MR) is 74.6 cm³/mol. The van der Waals surface area contributed by atoms with Gasteiger partial charge in [0.1, 0.15) is 0 Å². The quantitative estimate of drug-likeness (QED) is 0.679. The van der Waals surface area contributed by atoms with Crippen LogP contribution in [-0.2, 0) is 6.42 Å². The third-order valence-corrected chi connectivity index (χ3v) is 4.12. The van der Waals surface area contributed by atoms with E-state index in [-0.39, 0.29) is 0 Å². The predicted octanol–water partition coefficient (Wildman–Crippen LogP) is 5.05. The molecule has 0 amide bonds. The van der Waals surface area contributed by atoms with Crippen LogP contribution in [0.25, 0.3) is 0 Å². The van der Waals surface area contributed by atoms with Crippen molar-refractivity contribution < 1.29 is 0 Å². The largest absolute Gasteiger partial charge is 0.0925 e. The van der Waals surface area contributed by atoms with E-state index in [4.69, 9.17) is 0 Å². The Morgan fingerprint density at radius 3 is 2.07 bits per heavy atom. The highest BCUT2D eigenvalue weighted by Gasteiger charge is 2.23. The molecule has 15 heavy (non-hydrogen) atoms. The molecule has 1 unspecified atom stereocenters. The van der Waals surface area contributed by atoms with Crippen LogP contribution in [0.3, 0.4) is 0 Å². The Morgan fingerprint density at radius 1 is 1.13 bits per heavy atom. The second-order valence-electron chi connectivity index (χ2n) is 5.05. The molecule has 0 nitrogen and oxygen atoms in total. The first-order valence-corrected chi connectivity index (χ1v) is 7.15. The Kier molecular flexibility index (Phi) is 4.85. The molecule has 0 heterocycles. The molecule has 0 saturated carbocycles. The molecule has 0 spiro atoms. The highest BCUT2D eigenvalue weighted by Crippen LogP contribution is 2.30. The van der Waals surface area contributed by atoms with Gasteiger partial charge in [-0.05, 0) is 35.4 Å². The number of alkyl halides is 1. The van der Waals surface area contributed by atoms with Crippen molar-refractivity contribution in [3.63, 3.8) is 0 Å². The molecular weight excluding hydrogens is 316 g/mol. The average molecular weight is 334 g/mol. The van der Waals surface area contributed by atoms with Crippen molar-refractivity contribution in [3.05, 3.63) is 34.3 Å². The van der Waals surface area contributed by atoms with E-state index in [1.165, 1.54) is 5.56 Å². The van der Waals surface area contributed by atoms with Crippen LogP contribution in [0, 0.1) is 11.3 Å². The number of hydrogen-bond donors (Lipinski definition) is 0. The zero-order valence-corrected chi connectivity index (χ0v) is 12.7. The molecule has 0 N–H and O–H groups in total. The summed E-state index contributed by atoms with van der Waals surface area (Å²) in [6, 6.07) is 8.63. The van der Waals surface area contributed by atoms with Gasteiger partial charge in [-0.25, -0.2) is 0 Å². The zero-order chi connectivity index (χ0) is 11.5. The van der Waals surface area contributed by atoms with Gasteiger partial charge in [0.2, 0.25) is 0 Å². The maximum atomic E-state index is 3.61. The molecule has 0 aliphatic heterocycles. The monoisotopic (exact) mass is 332 g/mol. The molecule has 0 aromatic heterocycles. The highest BCUT2D eigenvalue weighted by atomic mass is 79.9. The molecule has 1 atom stereocenters. The number of hydrogen-bond acceptors (Lipinski definition) is 0. The lowest BCUT2D eigenvalue weighted by atomic mass is 9.78. The average Bonchev–Trinajstić information content (AvgIpc) is 2.15. The fourth-order valence-electron chi connectivity index (χ4n) is 1.50. The van der Waals surface area contributed by atoms with Crippen molar-refractivity contribution in [2.75, 3.05) is 5.33 Å². The van der Waals surface area contributed by atoms with Gasteiger partial charge < -0.3 is 0 Å². The molecule has 84 valence electrons. The first-order chi connectivity index (χ1) is 6.93. The first-order valence-electron chi connectivity index (χ1n) is 5.24. The van der Waals surface area contributed by atoms with Crippen LogP contribution in [0.5, 0.6) is 0 Å². The van der Waals surface area contributed by atoms with Crippen LogP contribution in [0.4, 0.5) is 0 Å². The van der Waals surface area contributed by atoms with Crippen LogP contribution >= 0.6 is 31.9 Å². The highest BCUT2D eigenvalue weighted by molar-refractivity contribution is 9.10. The van der Waals surface area contributed by atoms with E-state index in [0.29, 0.717) is 11.3 Å². The lowest BCUT2D eigenvalue weighted by Crippen LogP contribution is -2.23. The summed E-state index contributed by atoms with van der Waals surface area (Å²) in [5.41, 5.74) is 1.77.